The third-order valence-corrected chi connectivity index (χ3v) is 4.69. The van der Waals surface area contributed by atoms with Gasteiger partial charge in [-0.1, -0.05) is 12.8 Å². The number of nitrogens with zero attached hydrogens (tertiary/aromatic N) is 1. The molecule has 5 heteroatoms. The molecule has 1 rings (SSSR count). The van der Waals surface area contributed by atoms with Crippen LogP contribution in [0.3, 0.4) is 0 Å². The van der Waals surface area contributed by atoms with Crippen molar-refractivity contribution < 1.29 is 4.79 Å². The minimum atomic E-state index is -0.363. The Hall–Kier alpha value is -0.260. The lowest BCUT2D eigenvalue weighted by Gasteiger charge is -2.36. The fraction of sp³-hybridized carbons (Fsp3) is 0.923. The number of nitrogens with one attached hydrogen (secondary N) is 1. The molecule has 1 saturated carbocycles. The second kappa shape index (κ2) is 7.36. The van der Waals surface area contributed by atoms with Crippen LogP contribution in [-0.2, 0) is 4.79 Å². The van der Waals surface area contributed by atoms with Crippen LogP contribution in [0.1, 0.15) is 32.1 Å². The summed E-state index contributed by atoms with van der Waals surface area (Å²) in [6.45, 7) is 0.728. The molecule has 0 aromatic heterocycles. The molecule has 0 bridgehead atoms. The fourth-order valence-corrected chi connectivity index (χ4v) is 3.06. The van der Waals surface area contributed by atoms with Crippen molar-refractivity contribution in [2.45, 2.75) is 43.7 Å². The first-order valence-electron chi connectivity index (χ1n) is 6.71. The van der Waals surface area contributed by atoms with Gasteiger partial charge in [0.2, 0.25) is 5.91 Å². The average Bonchev–Trinajstić information content (AvgIpc) is 2.83. The number of carbonyl (C=O) groups excluding carboxylic acids is 1. The zero-order valence-corrected chi connectivity index (χ0v) is 12.7. The molecule has 1 fully saturated rings. The molecule has 0 heterocycles. The highest BCUT2D eigenvalue weighted by Crippen LogP contribution is 2.33. The Labute approximate surface area is 115 Å². The maximum absolute atomic E-state index is 11.9. The van der Waals surface area contributed by atoms with E-state index in [0.717, 1.165) is 18.7 Å². The van der Waals surface area contributed by atoms with E-state index in [0.29, 0.717) is 0 Å². The summed E-state index contributed by atoms with van der Waals surface area (Å²) in [5.74, 6) is 0.935. The van der Waals surface area contributed by atoms with Crippen LogP contribution in [0, 0.1) is 0 Å². The number of nitrogens with two attached hydrogens (primary N) is 1. The van der Waals surface area contributed by atoms with Crippen LogP contribution in [0.15, 0.2) is 0 Å². The van der Waals surface area contributed by atoms with E-state index < -0.39 is 0 Å². The van der Waals surface area contributed by atoms with Gasteiger partial charge < -0.3 is 16.0 Å². The Kier molecular flexibility index (Phi) is 6.46. The van der Waals surface area contributed by atoms with Crippen molar-refractivity contribution in [2.24, 2.45) is 5.73 Å². The van der Waals surface area contributed by atoms with Crippen LogP contribution in [0.2, 0.25) is 0 Å². The molecule has 0 radical (unpaired) electrons. The van der Waals surface area contributed by atoms with Crippen molar-refractivity contribution in [3.05, 3.63) is 0 Å². The van der Waals surface area contributed by atoms with Crippen molar-refractivity contribution in [3.63, 3.8) is 0 Å². The maximum Gasteiger partial charge on any atom is 0.237 e. The second-order valence-corrected chi connectivity index (χ2v) is 6.42. The maximum atomic E-state index is 11.9. The lowest BCUT2D eigenvalue weighted by atomic mass is 9.96. The van der Waals surface area contributed by atoms with Gasteiger partial charge >= 0.3 is 0 Å². The normalized spacial score (nSPS) is 20.1. The van der Waals surface area contributed by atoms with Gasteiger partial charge in [-0.25, -0.2) is 0 Å². The van der Waals surface area contributed by atoms with E-state index in [1.54, 1.807) is 11.8 Å². The fourth-order valence-electron chi connectivity index (χ4n) is 2.57. The number of hydrogen-bond acceptors (Lipinski definition) is 4. The summed E-state index contributed by atoms with van der Waals surface area (Å²) in [7, 11) is 4.20. The van der Waals surface area contributed by atoms with Crippen LogP contribution in [0.5, 0.6) is 0 Å². The van der Waals surface area contributed by atoms with Gasteiger partial charge in [0.25, 0.3) is 0 Å². The zero-order chi connectivity index (χ0) is 13.6. The Morgan fingerprint density at radius 3 is 2.56 bits per heavy atom. The molecule has 1 amide bonds. The summed E-state index contributed by atoms with van der Waals surface area (Å²) in [5.41, 5.74) is 6.02. The predicted molar refractivity (Wildman–Crippen MR) is 78.9 cm³/mol. The van der Waals surface area contributed by atoms with Crippen molar-refractivity contribution in [1.29, 1.82) is 0 Å². The molecule has 0 aromatic rings. The van der Waals surface area contributed by atoms with E-state index in [2.05, 4.69) is 24.3 Å². The summed E-state index contributed by atoms with van der Waals surface area (Å²) >= 11 is 1.73. The van der Waals surface area contributed by atoms with Crippen LogP contribution in [-0.4, -0.2) is 55.0 Å². The van der Waals surface area contributed by atoms with Crippen molar-refractivity contribution in [2.75, 3.05) is 32.6 Å². The second-order valence-electron chi connectivity index (χ2n) is 5.43. The Bertz CT molecular complexity index is 265. The molecule has 0 aliphatic heterocycles. The molecule has 18 heavy (non-hydrogen) atoms. The first kappa shape index (κ1) is 15.8. The number of thioether (sulfide) groups is 1. The molecular weight excluding hydrogens is 246 g/mol. The molecule has 0 aromatic carbocycles. The largest absolute Gasteiger partial charge is 0.353 e. The third-order valence-electron chi connectivity index (χ3n) is 4.04. The molecule has 0 saturated heterocycles. The lowest BCUT2D eigenvalue weighted by molar-refractivity contribution is -0.123. The highest BCUT2D eigenvalue weighted by Gasteiger charge is 2.36. The molecule has 1 aliphatic carbocycles. The zero-order valence-electron chi connectivity index (χ0n) is 11.9. The van der Waals surface area contributed by atoms with Gasteiger partial charge in [-0.2, -0.15) is 11.8 Å². The van der Waals surface area contributed by atoms with Crippen LogP contribution >= 0.6 is 11.8 Å². The summed E-state index contributed by atoms with van der Waals surface area (Å²) in [6.07, 6.45) is 7.63. The first-order chi connectivity index (χ1) is 8.52. The molecule has 1 aliphatic rings. The van der Waals surface area contributed by atoms with E-state index >= 15 is 0 Å². The van der Waals surface area contributed by atoms with E-state index in [9.17, 15) is 4.79 Å². The monoisotopic (exact) mass is 273 g/mol. The van der Waals surface area contributed by atoms with E-state index in [-0.39, 0.29) is 17.5 Å². The third kappa shape index (κ3) is 4.14. The number of carbonyl (C=O) groups is 1. The number of rotatable bonds is 7. The minimum absolute atomic E-state index is 0.00262. The molecule has 0 spiro atoms. The predicted octanol–water partition coefficient (Wildman–Crippen LogP) is 1.06. The molecule has 106 valence electrons. The molecule has 0 unspecified atom stereocenters. The van der Waals surface area contributed by atoms with Gasteiger partial charge in [-0.3, -0.25) is 4.79 Å². The summed E-state index contributed by atoms with van der Waals surface area (Å²) in [5, 5.41) is 3.04. The first-order valence-corrected chi connectivity index (χ1v) is 8.11. The number of likely N-dealkylation sites (N-methyl/N-ethyl adjacent to an activating group) is 1. The van der Waals surface area contributed by atoms with Gasteiger partial charge in [0.1, 0.15) is 0 Å². The number of amides is 1. The van der Waals surface area contributed by atoms with Gasteiger partial charge in [0.05, 0.1) is 6.04 Å². The highest BCUT2D eigenvalue weighted by molar-refractivity contribution is 7.98. The Balaban J connectivity index is 2.40. The SMILES string of the molecule is CSCC[C@@H](N)C(=O)NCC1(N(C)C)CCCC1. The van der Waals surface area contributed by atoms with E-state index in [1.165, 1.54) is 25.7 Å². The van der Waals surface area contributed by atoms with E-state index in [1.807, 2.05) is 6.26 Å². The van der Waals surface area contributed by atoms with Gasteiger partial charge in [0.15, 0.2) is 0 Å². The standard InChI is InChI=1S/C13H27N3OS/c1-16(2)13(7-4-5-8-13)10-15-12(17)11(14)6-9-18-3/h11H,4-10,14H2,1-3H3,(H,15,17)/t11-/m1/s1. The Morgan fingerprint density at radius 2 is 2.06 bits per heavy atom. The topological polar surface area (TPSA) is 58.4 Å². The van der Waals surface area contributed by atoms with Gasteiger partial charge in [-0.15, -0.1) is 0 Å². The van der Waals surface area contributed by atoms with Crippen molar-refractivity contribution >= 4 is 17.7 Å². The summed E-state index contributed by atoms with van der Waals surface area (Å²) < 4.78 is 0. The lowest BCUT2D eigenvalue weighted by Crippen LogP contribution is -2.53. The molecule has 1 atom stereocenters. The summed E-state index contributed by atoms with van der Waals surface area (Å²) in [4.78, 5) is 14.2. The highest BCUT2D eigenvalue weighted by atomic mass is 32.2. The molecule has 3 N–H and O–H groups in total. The van der Waals surface area contributed by atoms with Crippen LogP contribution in [0.4, 0.5) is 0 Å². The van der Waals surface area contributed by atoms with Crippen LogP contribution in [0.25, 0.3) is 0 Å². The van der Waals surface area contributed by atoms with Crippen molar-refractivity contribution in [1.82, 2.24) is 10.2 Å². The molecule has 4 nitrogen and oxygen atoms in total. The smallest absolute Gasteiger partial charge is 0.237 e. The van der Waals surface area contributed by atoms with Crippen LogP contribution < -0.4 is 11.1 Å². The minimum Gasteiger partial charge on any atom is -0.353 e. The molecular formula is C13H27N3OS. The van der Waals surface area contributed by atoms with E-state index in [4.69, 9.17) is 5.73 Å². The summed E-state index contributed by atoms with van der Waals surface area (Å²) in [6, 6.07) is -0.363. The van der Waals surface area contributed by atoms with Gasteiger partial charge in [-0.05, 0) is 45.4 Å². The number of hydrogen-bond donors (Lipinski definition) is 2. The van der Waals surface area contributed by atoms with Gasteiger partial charge in [0, 0.05) is 12.1 Å². The average molecular weight is 273 g/mol. The quantitative estimate of drug-likeness (QED) is 0.728. The van der Waals surface area contributed by atoms with Crippen molar-refractivity contribution in [3.8, 4) is 0 Å². The Morgan fingerprint density at radius 1 is 1.44 bits per heavy atom.